The Balaban J connectivity index is 2.06. The standard InChI is InChI=1S/C10H18N2O2/c1-8-3-2-5-12(8)9(13)10(11)4-6-14-7-10/h8H,2-7,11H2,1H3. The molecule has 0 saturated carbocycles. The van der Waals surface area contributed by atoms with Crippen molar-refractivity contribution < 1.29 is 9.53 Å². The fraction of sp³-hybridized carbons (Fsp3) is 0.900. The normalized spacial score (nSPS) is 37.9. The average Bonchev–Trinajstić information content (AvgIpc) is 2.74. The monoisotopic (exact) mass is 198 g/mol. The van der Waals surface area contributed by atoms with Crippen molar-refractivity contribution >= 4 is 5.91 Å². The Morgan fingerprint density at radius 1 is 1.64 bits per heavy atom. The second kappa shape index (κ2) is 3.51. The van der Waals surface area contributed by atoms with Gasteiger partial charge in [-0.1, -0.05) is 0 Å². The lowest BCUT2D eigenvalue weighted by atomic mass is 9.98. The molecule has 4 heteroatoms. The highest BCUT2D eigenvalue weighted by Gasteiger charge is 2.43. The van der Waals surface area contributed by atoms with Gasteiger partial charge in [-0.3, -0.25) is 4.79 Å². The number of ether oxygens (including phenoxy) is 1. The minimum Gasteiger partial charge on any atom is -0.379 e. The van der Waals surface area contributed by atoms with Crippen molar-refractivity contribution in [2.75, 3.05) is 19.8 Å². The Morgan fingerprint density at radius 2 is 2.43 bits per heavy atom. The van der Waals surface area contributed by atoms with Gasteiger partial charge in [0.25, 0.3) is 0 Å². The van der Waals surface area contributed by atoms with E-state index in [0.29, 0.717) is 25.7 Å². The number of likely N-dealkylation sites (tertiary alicyclic amines) is 1. The second-order valence-electron chi connectivity index (χ2n) is 4.45. The molecule has 0 aromatic carbocycles. The van der Waals surface area contributed by atoms with Crippen molar-refractivity contribution in [3.8, 4) is 0 Å². The molecule has 2 N–H and O–H groups in total. The molecule has 0 spiro atoms. The first kappa shape index (κ1) is 9.93. The van der Waals surface area contributed by atoms with Gasteiger partial charge in [-0.2, -0.15) is 0 Å². The largest absolute Gasteiger partial charge is 0.379 e. The summed E-state index contributed by atoms with van der Waals surface area (Å²) in [6.07, 6.45) is 2.86. The van der Waals surface area contributed by atoms with Crippen LogP contribution in [-0.2, 0) is 9.53 Å². The fourth-order valence-corrected chi connectivity index (χ4v) is 2.27. The minimum atomic E-state index is -0.737. The molecule has 2 heterocycles. The van der Waals surface area contributed by atoms with E-state index in [2.05, 4.69) is 6.92 Å². The third-order valence-electron chi connectivity index (χ3n) is 3.29. The minimum absolute atomic E-state index is 0.0833. The van der Waals surface area contributed by atoms with E-state index < -0.39 is 5.54 Å². The van der Waals surface area contributed by atoms with Gasteiger partial charge in [0, 0.05) is 19.2 Å². The third-order valence-corrected chi connectivity index (χ3v) is 3.29. The van der Waals surface area contributed by atoms with Gasteiger partial charge < -0.3 is 15.4 Å². The van der Waals surface area contributed by atoms with Crippen LogP contribution in [0, 0.1) is 0 Å². The lowest BCUT2D eigenvalue weighted by Crippen LogP contribution is -2.56. The zero-order valence-electron chi connectivity index (χ0n) is 8.66. The lowest BCUT2D eigenvalue weighted by Gasteiger charge is -2.30. The molecule has 14 heavy (non-hydrogen) atoms. The van der Waals surface area contributed by atoms with Crippen LogP contribution in [-0.4, -0.2) is 42.1 Å². The molecule has 2 aliphatic heterocycles. The SMILES string of the molecule is CC1CCCN1C(=O)C1(N)CCOC1. The van der Waals surface area contributed by atoms with Crippen LogP contribution in [0.2, 0.25) is 0 Å². The number of hydrogen-bond donors (Lipinski definition) is 1. The van der Waals surface area contributed by atoms with Gasteiger partial charge in [0.15, 0.2) is 0 Å². The zero-order chi connectivity index (χ0) is 10.2. The molecule has 2 fully saturated rings. The van der Waals surface area contributed by atoms with Crippen LogP contribution >= 0.6 is 0 Å². The number of hydrogen-bond acceptors (Lipinski definition) is 3. The molecular formula is C10H18N2O2. The summed E-state index contributed by atoms with van der Waals surface area (Å²) in [5.74, 6) is 0.0833. The van der Waals surface area contributed by atoms with Gasteiger partial charge in [-0.05, 0) is 26.2 Å². The van der Waals surface area contributed by atoms with E-state index in [4.69, 9.17) is 10.5 Å². The van der Waals surface area contributed by atoms with Crippen LogP contribution in [0.4, 0.5) is 0 Å². The van der Waals surface area contributed by atoms with Gasteiger partial charge >= 0.3 is 0 Å². The van der Waals surface area contributed by atoms with E-state index in [1.807, 2.05) is 4.90 Å². The summed E-state index contributed by atoms with van der Waals surface area (Å²) in [6.45, 7) is 3.95. The molecule has 2 unspecified atom stereocenters. The molecule has 0 aromatic heterocycles. The van der Waals surface area contributed by atoms with Crippen LogP contribution in [0.15, 0.2) is 0 Å². The molecule has 2 aliphatic rings. The van der Waals surface area contributed by atoms with E-state index in [1.165, 1.54) is 0 Å². The Hall–Kier alpha value is -0.610. The lowest BCUT2D eigenvalue weighted by molar-refractivity contribution is -0.137. The van der Waals surface area contributed by atoms with Crippen molar-refractivity contribution in [3.63, 3.8) is 0 Å². The Morgan fingerprint density at radius 3 is 2.93 bits per heavy atom. The van der Waals surface area contributed by atoms with Crippen molar-refractivity contribution in [1.29, 1.82) is 0 Å². The maximum Gasteiger partial charge on any atom is 0.245 e. The average molecular weight is 198 g/mol. The fourth-order valence-electron chi connectivity index (χ4n) is 2.27. The molecule has 0 radical (unpaired) electrons. The highest BCUT2D eigenvalue weighted by Crippen LogP contribution is 2.24. The van der Waals surface area contributed by atoms with Crippen LogP contribution in [0.1, 0.15) is 26.2 Å². The molecule has 1 amide bonds. The van der Waals surface area contributed by atoms with E-state index in [0.717, 1.165) is 19.4 Å². The van der Waals surface area contributed by atoms with Crippen LogP contribution in [0.3, 0.4) is 0 Å². The molecule has 0 aliphatic carbocycles. The van der Waals surface area contributed by atoms with E-state index in [1.54, 1.807) is 0 Å². The number of nitrogens with zero attached hydrogens (tertiary/aromatic N) is 1. The Bertz CT molecular complexity index is 236. The summed E-state index contributed by atoms with van der Waals surface area (Å²) in [5, 5.41) is 0. The first-order valence-electron chi connectivity index (χ1n) is 5.31. The van der Waals surface area contributed by atoms with Crippen LogP contribution in [0.25, 0.3) is 0 Å². The van der Waals surface area contributed by atoms with Gasteiger partial charge in [0.1, 0.15) is 5.54 Å². The smallest absolute Gasteiger partial charge is 0.245 e. The number of carbonyl (C=O) groups excluding carboxylic acids is 1. The highest BCUT2D eigenvalue weighted by atomic mass is 16.5. The van der Waals surface area contributed by atoms with Crippen molar-refractivity contribution in [3.05, 3.63) is 0 Å². The van der Waals surface area contributed by atoms with Crippen LogP contribution in [0.5, 0.6) is 0 Å². The van der Waals surface area contributed by atoms with Gasteiger partial charge in [-0.25, -0.2) is 0 Å². The Kier molecular flexibility index (Phi) is 2.49. The number of carbonyl (C=O) groups is 1. The molecule has 4 nitrogen and oxygen atoms in total. The Labute approximate surface area is 84.4 Å². The molecule has 2 atom stereocenters. The zero-order valence-corrected chi connectivity index (χ0v) is 8.66. The summed E-state index contributed by atoms with van der Waals surface area (Å²) in [7, 11) is 0. The first-order valence-corrected chi connectivity index (χ1v) is 5.31. The molecule has 2 saturated heterocycles. The predicted molar refractivity (Wildman–Crippen MR) is 52.8 cm³/mol. The summed E-state index contributed by atoms with van der Waals surface area (Å²) >= 11 is 0. The molecule has 0 bridgehead atoms. The molecule has 0 aromatic rings. The molecular weight excluding hydrogens is 180 g/mol. The van der Waals surface area contributed by atoms with Gasteiger partial charge in [0.2, 0.25) is 5.91 Å². The van der Waals surface area contributed by atoms with Crippen molar-refractivity contribution in [1.82, 2.24) is 4.90 Å². The quantitative estimate of drug-likeness (QED) is 0.651. The van der Waals surface area contributed by atoms with Gasteiger partial charge in [0.05, 0.1) is 6.61 Å². The maximum atomic E-state index is 12.1. The van der Waals surface area contributed by atoms with Crippen molar-refractivity contribution in [2.24, 2.45) is 5.73 Å². The van der Waals surface area contributed by atoms with Crippen LogP contribution < -0.4 is 5.73 Å². The topological polar surface area (TPSA) is 55.6 Å². The predicted octanol–water partition coefficient (Wildman–Crippen LogP) is 0.115. The van der Waals surface area contributed by atoms with E-state index >= 15 is 0 Å². The van der Waals surface area contributed by atoms with E-state index in [9.17, 15) is 4.79 Å². The molecule has 80 valence electrons. The number of nitrogens with two attached hydrogens (primary N) is 1. The highest BCUT2D eigenvalue weighted by molar-refractivity contribution is 5.87. The number of rotatable bonds is 1. The summed E-state index contributed by atoms with van der Waals surface area (Å²) < 4.78 is 5.20. The summed E-state index contributed by atoms with van der Waals surface area (Å²) in [5.41, 5.74) is 5.29. The summed E-state index contributed by atoms with van der Waals surface area (Å²) in [6, 6.07) is 0.350. The third kappa shape index (κ3) is 1.53. The maximum absolute atomic E-state index is 12.1. The summed E-state index contributed by atoms with van der Waals surface area (Å²) in [4.78, 5) is 14.0. The number of amides is 1. The first-order chi connectivity index (χ1) is 6.63. The van der Waals surface area contributed by atoms with Crippen molar-refractivity contribution in [2.45, 2.75) is 37.8 Å². The van der Waals surface area contributed by atoms with E-state index in [-0.39, 0.29) is 5.91 Å². The second-order valence-corrected chi connectivity index (χ2v) is 4.45. The van der Waals surface area contributed by atoms with Gasteiger partial charge in [-0.15, -0.1) is 0 Å². The molecule has 2 rings (SSSR count).